The van der Waals surface area contributed by atoms with Crippen molar-refractivity contribution in [2.45, 2.75) is 10.9 Å². The van der Waals surface area contributed by atoms with Crippen LogP contribution >= 0.6 is 23.4 Å². The predicted octanol–water partition coefficient (Wildman–Crippen LogP) is 3.45. The predicted molar refractivity (Wildman–Crippen MR) is 98.3 cm³/mol. The van der Waals surface area contributed by atoms with Crippen molar-refractivity contribution in [2.24, 2.45) is 0 Å². The van der Waals surface area contributed by atoms with Gasteiger partial charge in [-0.05, 0) is 35.9 Å². The van der Waals surface area contributed by atoms with E-state index in [0.29, 0.717) is 32.7 Å². The summed E-state index contributed by atoms with van der Waals surface area (Å²) in [6, 6.07) is 11.0. The molecule has 0 saturated carbocycles. The number of aromatic amines is 1. The standard InChI is InChI=1S/C17H12ClN5OS/c18-12-3-5-13(6-4-12)23-16(24)14-9-20-22-15(14)21-17(23)25-10-11-2-1-7-19-8-11/h1-9H,10H2,(H,20,22). The summed E-state index contributed by atoms with van der Waals surface area (Å²) < 4.78 is 1.58. The fourth-order valence-corrected chi connectivity index (χ4v) is 3.49. The summed E-state index contributed by atoms with van der Waals surface area (Å²) in [6.07, 6.45) is 5.02. The molecule has 1 aromatic carbocycles. The van der Waals surface area contributed by atoms with Gasteiger partial charge in [0.15, 0.2) is 10.8 Å². The summed E-state index contributed by atoms with van der Waals surface area (Å²) >= 11 is 7.43. The van der Waals surface area contributed by atoms with Crippen molar-refractivity contribution in [1.29, 1.82) is 0 Å². The van der Waals surface area contributed by atoms with Gasteiger partial charge in [-0.25, -0.2) is 4.98 Å². The molecule has 1 N–H and O–H groups in total. The fraction of sp³-hybridized carbons (Fsp3) is 0.0588. The molecule has 0 saturated heterocycles. The van der Waals surface area contributed by atoms with Gasteiger partial charge in [0.05, 0.1) is 11.9 Å². The van der Waals surface area contributed by atoms with E-state index in [1.807, 2.05) is 12.1 Å². The summed E-state index contributed by atoms with van der Waals surface area (Å²) in [5, 5.41) is 8.33. The number of halogens is 1. The van der Waals surface area contributed by atoms with Crippen LogP contribution in [0.4, 0.5) is 0 Å². The van der Waals surface area contributed by atoms with Crippen LogP contribution in [0.3, 0.4) is 0 Å². The van der Waals surface area contributed by atoms with Crippen LogP contribution in [-0.4, -0.2) is 24.7 Å². The Hall–Kier alpha value is -2.64. The van der Waals surface area contributed by atoms with Gasteiger partial charge in [-0.15, -0.1) is 0 Å². The van der Waals surface area contributed by atoms with E-state index in [1.54, 1.807) is 41.2 Å². The highest BCUT2D eigenvalue weighted by Crippen LogP contribution is 2.24. The smallest absolute Gasteiger partial charge is 0.268 e. The van der Waals surface area contributed by atoms with Crippen molar-refractivity contribution < 1.29 is 0 Å². The van der Waals surface area contributed by atoms with Crippen LogP contribution in [0.1, 0.15) is 5.56 Å². The molecule has 0 fully saturated rings. The quantitative estimate of drug-likeness (QED) is 0.440. The van der Waals surface area contributed by atoms with Crippen molar-refractivity contribution in [3.63, 3.8) is 0 Å². The minimum absolute atomic E-state index is 0.172. The lowest BCUT2D eigenvalue weighted by Gasteiger charge is -2.12. The molecule has 4 rings (SSSR count). The van der Waals surface area contributed by atoms with Crippen LogP contribution in [0.5, 0.6) is 0 Å². The number of hydrogen-bond donors (Lipinski definition) is 1. The number of hydrogen-bond acceptors (Lipinski definition) is 5. The third-order valence-electron chi connectivity index (χ3n) is 3.63. The first-order valence-corrected chi connectivity index (χ1v) is 8.82. The Morgan fingerprint density at radius 3 is 2.76 bits per heavy atom. The van der Waals surface area contributed by atoms with Crippen LogP contribution in [0.2, 0.25) is 5.02 Å². The van der Waals surface area contributed by atoms with Gasteiger partial charge in [0.2, 0.25) is 0 Å². The van der Waals surface area contributed by atoms with E-state index < -0.39 is 0 Å². The highest BCUT2D eigenvalue weighted by Gasteiger charge is 2.14. The zero-order valence-corrected chi connectivity index (χ0v) is 14.5. The van der Waals surface area contributed by atoms with E-state index in [0.717, 1.165) is 5.56 Å². The highest BCUT2D eigenvalue weighted by atomic mass is 35.5. The number of aromatic nitrogens is 5. The second-order valence-corrected chi connectivity index (χ2v) is 6.67. The largest absolute Gasteiger partial charge is 0.269 e. The Morgan fingerprint density at radius 1 is 1.16 bits per heavy atom. The maximum Gasteiger partial charge on any atom is 0.269 e. The number of nitrogens with zero attached hydrogens (tertiary/aromatic N) is 4. The third-order valence-corrected chi connectivity index (χ3v) is 4.89. The number of fused-ring (bicyclic) bond motifs is 1. The summed E-state index contributed by atoms with van der Waals surface area (Å²) in [6.45, 7) is 0. The maximum absolute atomic E-state index is 12.9. The van der Waals surface area contributed by atoms with Crippen molar-refractivity contribution >= 4 is 34.4 Å². The molecule has 0 atom stereocenters. The first kappa shape index (κ1) is 15.9. The number of pyridine rings is 1. The number of nitrogens with one attached hydrogen (secondary N) is 1. The summed E-state index contributed by atoms with van der Waals surface area (Å²) in [7, 11) is 0. The van der Waals surface area contributed by atoms with E-state index in [4.69, 9.17) is 11.6 Å². The van der Waals surface area contributed by atoms with Gasteiger partial charge < -0.3 is 0 Å². The summed E-state index contributed by atoms with van der Waals surface area (Å²) in [5.41, 5.74) is 2.06. The second kappa shape index (κ2) is 6.70. The normalized spacial score (nSPS) is 11.1. The van der Waals surface area contributed by atoms with E-state index in [9.17, 15) is 4.79 Å². The number of H-pyrrole nitrogens is 1. The average molecular weight is 370 g/mol. The van der Waals surface area contributed by atoms with Gasteiger partial charge in [0.25, 0.3) is 5.56 Å². The van der Waals surface area contributed by atoms with Gasteiger partial charge in [0.1, 0.15) is 5.39 Å². The lowest BCUT2D eigenvalue weighted by molar-refractivity contribution is 0.816. The molecule has 0 aliphatic rings. The minimum atomic E-state index is -0.172. The van der Waals surface area contributed by atoms with Gasteiger partial charge in [-0.3, -0.25) is 19.4 Å². The number of benzene rings is 1. The monoisotopic (exact) mass is 369 g/mol. The molecule has 0 unspecified atom stereocenters. The van der Waals surface area contributed by atoms with Crippen molar-refractivity contribution in [1.82, 2.24) is 24.7 Å². The maximum atomic E-state index is 12.9. The molecule has 0 amide bonds. The molecule has 3 heterocycles. The Bertz CT molecular complexity index is 1080. The van der Waals surface area contributed by atoms with E-state index in [-0.39, 0.29) is 5.56 Å². The van der Waals surface area contributed by atoms with Crippen molar-refractivity contribution in [3.8, 4) is 5.69 Å². The van der Waals surface area contributed by atoms with Gasteiger partial charge >= 0.3 is 0 Å². The van der Waals surface area contributed by atoms with E-state index >= 15 is 0 Å². The molecule has 0 spiro atoms. The Kier molecular flexibility index (Phi) is 4.25. The van der Waals surface area contributed by atoms with E-state index in [1.165, 1.54) is 18.0 Å². The lowest BCUT2D eigenvalue weighted by Crippen LogP contribution is -2.21. The van der Waals surface area contributed by atoms with Gasteiger partial charge in [-0.2, -0.15) is 5.10 Å². The van der Waals surface area contributed by atoms with Crippen LogP contribution in [-0.2, 0) is 5.75 Å². The van der Waals surface area contributed by atoms with Crippen molar-refractivity contribution in [2.75, 3.05) is 0 Å². The molecular weight excluding hydrogens is 358 g/mol. The molecule has 0 aliphatic carbocycles. The van der Waals surface area contributed by atoms with Crippen LogP contribution in [0.15, 0.2) is 64.9 Å². The zero-order chi connectivity index (χ0) is 17.2. The highest BCUT2D eigenvalue weighted by molar-refractivity contribution is 7.98. The van der Waals surface area contributed by atoms with Gasteiger partial charge in [0, 0.05) is 23.2 Å². The summed E-state index contributed by atoms with van der Waals surface area (Å²) in [4.78, 5) is 21.6. The molecular formula is C17H12ClN5OS. The first-order valence-electron chi connectivity index (χ1n) is 7.46. The molecule has 0 aliphatic heterocycles. The Morgan fingerprint density at radius 2 is 2.00 bits per heavy atom. The molecule has 3 aromatic heterocycles. The first-order chi connectivity index (χ1) is 12.2. The van der Waals surface area contributed by atoms with E-state index in [2.05, 4.69) is 20.2 Å². The molecule has 25 heavy (non-hydrogen) atoms. The minimum Gasteiger partial charge on any atom is -0.268 e. The Labute approximate surface area is 151 Å². The fourth-order valence-electron chi connectivity index (χ4n) is 2.42. The number of rotatable bonds is 4. The van der Waals surface area contributed by atoms with Crippen LogP contribution < -0.4 is 5.56 Å². The van der Waals surface area contributed by atoms with Crippen LogP contribution in [0, 0.1) is 0 Å². The molecule has 8 heteroatoms. The second-order valence-electron chi connectivity index (χ2n) is 5.29. The molecule has 0 radical (unpaired) electrons. The molecule has 6 nitrogen and oxygen atoms in total. The zero-order valence-electron chi connectivity index (χ0n) is 12.9. The summed E-state index contributed by atoms with van der Waals surface area (Å²) in [5.74, 6) is 0.646. The lowest BCUT2D eigenvalue weighted by atomic mass is 10.3. The van der Waals surface area contributed by atoms with Crippen LogP contribution in [0.25, 0.3) is 16.7 Å². The Balaban J connectivity index is 1.82. The molecule has 4 aromatic rings. The third kappa shape index (κ3) is 3.16. The average Bonchev–Trinajstić information content (AvgIpc) is 3.11. The molecule has 0 bridgehead atoms. The van der Waals surface area contributed by atoms with Gasteiger partial charge in [-0.1, -0.05) is 29.4 Å². The SMILES string of the molecule is O=c1c2cn[nH]c2nc(SCc2cccnc2)n1-c1ccc(Cl)cc1. The number of thioether (sulfide) groups is 1. The molecule has 124 valence electrons. The van der Waals surface area contributed by atoms with Crippen molar-refractivity contribution in [3.05, 3.63) is 75.9 Å². The topological polar surface area (TPSA) is 76.5 Å².